The normalized spacial score (nSPS) is 18.5. The van der Waals surface area contributed by atoms with Crippen LogP contribution in [0.3, 0.4) is 0 Å². The van der Waals surface area contributed by atoms with Crippen LogP contribution in [0, 0.1) is 13.8 Å². The van der Waals surface area contributed by atoms with Crippen LogP contribution in [-0.4, -0.2) is 24.7 Å². The number of nitrogens with zero attached hydrogens (tertiary/aromatic N) is 1. The van der Waals surface area contributed by atoms with E-state index in [4.69, 9.17) is 0 Å². The molecule has 0 radical (unpaired) electrons. The van der Waals surface area contributed by atoms with Crippen molar-refractivity contribution in [2.75, 3.05) is 0 Å². The zero-order chi connectivity index (χ0) is 15.0. The van der Waals surface area contributed by atoms with Crippen LogP contribution in [0.5, 0.6) is 0 Å². The largest absolute Gasteiger partial charge is 0.282 e. The van der Waals surface area contributed by atoms with Gasteiger partial charge in [-0.3, -0.25) is 5.10 Å². The fraction of sp³-hybridized carbons (Fsp3) is 0.400. The summed E-state index contributed by atoms with van der Waals surface area (Å²) in [6.45, 7) is 3.78. The number of aryl methyl sites for hydroxylation is 3. The van der Waals surface area contributed by atoms with E-state index in [0.717, 1.165) is 29.7 Å². The van der Waals surface area contributed by atoms with Crippen LogP contribution in [0.4, 0.5) is 0 Å². The van der Waals surface area contributed by atoms with Crippen LogP contribution in [-0.2, 0) is 22.9 Å². The zero-order valence-electron chi connectivity index (χ0n) is 12.2. The highest BCUT2D eigenvalue weighted by Gasteiger charge is 2.26. The number of hydrogen-bond acceptors (Lipinski definition) is 3. The van der Waals surface area contributed by atoms with Gasteiger partial charge in [-0.2, -0.15) is 5.10 Å². The number of H-pyrrole nitrogens is 1. The van der Waals surface area contributed by atoms with E-state index < -0.39 is 10.0 Å². The molecule has 1 heterocycles. The molecule has 1 unspecified atom stereocenters. The van der Waals surface area contributed by atoms with E-state index in [2.05, 4.69) is 14.9 Å². The lowest BCUT2D eigenvalue weighted by Gasteiger charge is -2.23. The monoisotopic (exact) mass is 305 g/mol. The maximum absolute atomic E-state index is 12.5. The molecule has 1 aromatic carbocycles. The minimum atomic E-state index is -3.48. The summed E-state index contributed by atoms with van der Waals surface area (Å²) >= 11 is 0. The van der Waals surface area contributed by atoms with Gasteiger partial charge >= 0.3 is 0 Å². The second-order valence-corrected chi connectivity index (χ2v) is 7.39. The van der Waals surface area contributed by atoms with E-state index in [1.54, 1.807) is 6.07 Å². The number of aromatic nitrogens is 2. The zero-order valence-corrected chi connectivity index (χ0v) is 13.0. The maximum atomic E-state index is 12.5. The molecule has 2 aromatic rings. The molecule has 0 spiro atoms. The molecule has 0 fully saturated rings. The van der Waals surface area contributed by atoms with E-state index in [-0.39, 0.29) is 6.04 Å². The van der Waals surface area contributed by atoms with Crippen LogP contribution >= 0.6 is 0 Å². The summed E-state index contributed by atoms with van der Waals surface area (Å²) in [6.07, 6.45) is 4.15. The van der Waals surface area contributed by atoms with Gasteiger partial charge in [0.05, 0.1) is 11.1 Å². The van der Waals surface area contributed by atoms with Crippen molar-refractivity contribution in [2.45, 2.75) is 44.0 Å². The summed E-state index contributed by atoms with van der Waals surface area (Å²) in [5, 5.41) is 6.96. The first-order valence-corrected chi connectivity index (χ1v) is 8.55. The summed E-state index contributed by atoms with van der Waals surface area (Å²) in [5.74, 6) is 0. The average Bonchev–Trinajstić information content (AvgIpc) is 2.85. The standard InChI is InChI=1S/C15H19N3O2S/c1-10-3-6-15(11(2)7-10)21(19,20)18-13-5-4-12-9-16-17-14(12)8-13/h3,6-7,9,13,18H,4-5,8H2,1-2H3,(H,16,17). The molecule has 2 N–H and O–H groups in total. The number of fused-ring (bicyclic) bond motifs is 1. The Balaban J connectivity index is 1.81. The summed E-state index contributed by atoms with van der Waals surface area (Å²) in [7, 11) is -3.48. The molecular weight excluding hydrogens is 286 g/mol. The molecular formula is C15H19N3O2S. The number of rotatable bonds is 3. The summed E-state index contributed by atoms with van der Waals surface area (Å²) in [4.78, 5) is 0.364. The highest BCUT2D eigenvalue weighted by atomic mass is 32.2. The van der Waals surface area contributed by atoms with Gasteiger partial charge in [-0.05, 0) is 43.9 Å². The lowest BCUT2D eigenvalue weighted by molar-refractivity contribution is 0.503. The summed E-state index contributed by atoms with van der Waals surface area (Å²) < 4.78 is 27.9. The Morgan fingerprint density at radius 1 is 1.33 bits per heavy atom. The highest BCUT2D eigenvalue weighted by molar-refractivity contribution is 7.89. The van der Waals surface area contributed by atoms with Crippen molar-refractivity contribution < 1.29 is 8.42 Å². The van der Waals surface area contributed by atoms with Gasteiger partial charge in [-0.15, -0.1) is 0 Å². The minimum absolute atomic E-state index is 0.0800. The lowest BCUT2D eigenvalue weighted by Crippen LogP contribution is -2.39. The molecule has 0 aliphatic heterocycles. The minimum Gasteiger partial charge on any atom is -0.282 e. The Morgan fingerprint density at radius 2 is 2.14 bits per heavy atom. The molecule has 1 aromatic heterocycles. The first kappa shape index (κ1) is 14.3. The Hall–Kier alpha value is -1.66. The molecule has 6 heteroatoms. The second-order valence-electron chi connectivity index (χ2n) is 5.70. The van der Waals surface area contributed by atoms with Crippen LogP contribution in [0.1, 0.15) is 28.8 Å². The molecule has 5 nitrogen and oxygen atoms in total. The van der Waals surface area contributed by atoms with Gasteiger partial charge in [-0.25, -0.2) is 13.1 Å². The molecule has 0 saturated carbocycles. The highest BCUT2D eigenvalue weighted by Crippen LogP contribution is 2.22. The predicted molar refractivity (Wildman–Crippen MR) is 80.6 cm³/mol. The Bertz CT molecular complexity index is 765. The summed E-state index contributed by atoms with van der Waals surface area (Å²) in [6, 6.07) is 5.32. The fourth-order valence-electron chi connectivity index (χ4n) is 2.89. The molecule has 0 bridgehead atoms. The van der Waals surface area contributed by atoms with Crippen LogP contribution < -0.4 is 4.72 Å². The van der Waals surface area contributed by atoms with Crippen LogP contribution in [0.2, 0.25) is 0 Å². The molecule has 21 heavy (non-hydrogen) atoms. The summed E-state index contributed by atoms with van der Waals surface area (Å²) in [5.41, 5.74) is 4.07. The van der Waals surface area contributed by atoms with Gasteiger partial charge in [-0.1, -0.05) is 17.7 Å². The van der Waals surface area contributed by atoms with Crippen LogP contribution in [0.15, 0.2) is 29.3 Å². The van der Waals surface area contributed by atoms with E-state index in [0.29, 0.717) is 11.3 Å². The third-order valence-electron chi connectivity index (χ3n) is 3.96. The third-order valence-corrected chi connectivity index (χ3v) is 5.64. The van der Waals surface area contributed by atoms with Crippen molar-refractivity contribution >= 4 is 10.0 Å². The van der Waals surface area contributed by atoms with Gasteiger partial charge < -0.3 is 0 Å². The maximum Gasteiger partial charge on any atom is 0.241 e. The first-order valence-electron chi connectivity index (χ1n) is 7.06. The quantitative estimate of drug-likeness (QED) is 0.909. The van der Waals surface area contributed by atoms with Gasteiger partial charge in [0.2, 0.25) is 10.0 Å². The van der Waals surface area contributed by atoms with E-state index in [1.807, 2.05) is 32.2 Å². The van der Waals surface area contributed by atoms with Crippen LogP contribution in [0.25, 0.3) is 0 Å². The molecule has 1 atom stereocenters. The molecule has 0 amide bonds. The van der Waals surface area contributed by atoms with Crippen molar-refractivity contribution in [2.24, 2.45) is 0 Å². The van der Waals surface area contributed by atoms with Gasteiger partial charge in [0.1, 0.15) is 0 Å². The van der Waals surface area contributed by atoms with E-state index >= 15 is 0 Å². The SMILES string of the molecule is Cc1ccc(S(=O)(=O)NC2CCc3cn[nH]c3C2)c(C)c1. The third kappa shape index (κ3) is 2.87. The number of benzene rings is 1. The molecule has 3 rings (SSSR count). The number of nitrogens with one attached hydrogen (secondary N) is 2. The Kier molecular flexibility index (Phi) is 3.59. The Labute approximate surface area is 124 Å². The van der Waals surface area contributed by atoms with Crippen molar-refractivity contribution in [1.82, 2.24) is 14.9 Å². The van der Waals surface area contributed by atoms with Crippen molar-refractivity contribution in [1.29, 1.82) is 0 Å². The number of hydrogen-bond donors (Lipinski definition) is 2. The fourth-order valence-corrected chi connectivity index (χ4v) is 4.39. The van der Waals surface area contributed by atoms with Gasteiger partial charge in [0.15, 0.2) is 0 Å². The van der Waals surface area contributed by atoms with E-state index in [1.165, 1.54) is 5.56 Å². The predicted octanol–water partition coefficient (Wildman–Crippen LogP) is 1.86. The van der Waals surface area contributed by atoms with Crippen molar-refractivity contribution in [3.63, 3.8) is 0 Å². The molecule has 1 aliphatic carbocycles. The smallest absolute Gasteiger partial charge is 0.241 e. The average molecular weight is 305 g/mol. The first-order chi connectivity index (χ1) is 9.95. The Morgan fingerprint density at radius 3 is 2.90 bits per heavy atom. The van der Waals surface area contributed by atoms with Gasteiger partial charge in [0.25, 0.3) is 0 Å². The lowest BCUT2D eigenvalue weighted by atomic mass is 9.95. The van der Waals surface area contributed by atoms with Crippen molar-refractivity contribution in [3.8, 4) is 0 Å². The van der Waals surface area contributed by atoms with Gasteiger partial charge in [0, 0.05) is 18.2 Å². The van der Waals surface area contributed by atoms with Crippen molar-refractivity contribution in [3.05, 3.63) is 46.8 Å². The topological polar surface area (TPSA) is 74.8 Å². The van der Waals surface area contributed by atoms with E-state index in [9.17, 15) is 8.42 Å². The molecule has 112 valence electrons. The second kappa shape index (κ2) is 5.27. The number of aromatic amines is 1. The molecule has 0 saturated heterocycles. The number of sulfonamides is 1. The molecule has 1 aliphatic rings.